The fraction of sp³-hybridized carbons (Fsp3) is 0.500. The minimum atomic E-state index is -3.32. The van der Waals surface area contributed by atoms with E-state index in [0.717, 1.165) is 6.26 Å². The van der Waals surface area contributed by atoms with Gasteiger partial charge in [0.2, 0.25) is 0 Å². The van der Waals surface area contributed by atoms with Crippen molar-refractivity contribution in [1.82, 2.24) is 10.2 Å². The summed E-state index contributed by atoms with van der Waals surface area (Å²) in [5.74, 6) is 0.348. The molecule has 74 valence electrons. The molecule has 1 rings (SSSR count). The highest BCUT2D eigenvalue weighted by atomic mass is 32.2. The van der Waals surface area contributed by atoms with E-state index in [1.54, 1.807) is 0 Å². The lowest BCUT2D eigenvalue weighted by atomic mass is 10.5. The molecule has 0 aliphatic carbocycles. The van der Waals surface area contributed by atoms with Crippen molar-refractivity contribution in [2.75, 3.05) is 23.9 Å². The lowest BCUT2D eigenvalue weighted by Crippen LogP contribution is -2.05. The molecule has 0 aliphatic rings. The van der Waals surface area contributed by atoms with Gasteiger partial charge in [-0.25, -0.2) is 8.42 Å². The van der Waals surface area contributed by atoms with Gasteiger partial charge in [0.25, 0.3) is 0 Å². The van der Waals surface area contributed by atoms with Crippen molar-refractivity contribution < 1.29 is 8.42 Å². The predicted octanol–water partition coefficient (Wildman–Crippen LogP) is -0.173. The molecular weight excluding hydrogens is 192 g/mol. The van der Waals surface area contributed by atoms with Crippen LogP contribution >= 0.6 is 0 Å². The van der Waals surface area contributed by atoms with Crippen LogP contribution in [-0.4, -0.2) is 31.4 Å². The van der Waals surface area contributed by atoms with Gasteiger partial charge < -0.3 is 11.1 Å². The Morgan fingerprint density at radius 3 is 2.69 bits per heavy atom. The van der Waals surface area contributed by atoms with Crippen LogP contribution in [0.3, 0.4) is 0 Å². The second kappa shape index (κ2) is 3.25. The largest absolute Gasteiger partial charge is 0.383 e. The van der Waals surface area contributed by atoms with Crippen molar-refractivity contribution in [2.24, 2.45) is 0 Å². The molecule has 13 heavy (non-hydrogen) atoms. The summed E-state index contributed by atoms with van der Waals surface area (Å²) in [4.78, 5) is 0.0364. The number of hydrogen-bond donors (Lipinski definition) is 3. The third-order valence-corrected chi connectivity index (χ3v) is 2.62. The van der Waals surface area contributed by atoms with Crippen LogP contribution in [0.2, 0.25) is 0 Å². The first-order valence-electron chi connectivity index (χ1n) is 3.74. The van der Waals surface area contributed by atoms with Gasteiger partial charge in [-0.3, -0.25) is 5.10 Å². The fourth-order valence-corrected chi connectivity index (χ4v) is 1.92. The molecule has 0 amide bonds. The minimum absolute atomic E-state index is 0.0364. The maximum atomic E-state index is 11.2. The van der Waals surface area contributed by atoms with Crippen molar-refractivity contribution >= 4 is 21.5 Å². The number of nitrogens with one attached hydrogen (secondary N) is 2. The first-order chi connectivity index (χ1) is 5.96. The molecule has 1 aromatic heterocycles. The SMILES string of the molecule is CCNc1n[nH]c(N)c1S(C)(=O)=O. The van der Waals surface area contributed by atoms with Crippen molar-refractivity contribution in [1.29, 1.82) is 0 Å². The number of rotatable bonds is 3. The fourth-order valence-electron chi connectivity index (χ4n) is 1.01. The zero-order chi connectivity index (χ0) is 10.1. The van der Waals surface area contributed by atoms with Crippen molar-refractivity contribution in [3.63, 3.8) is 0 Å². The Morgan fingerprint density at radius 2 is 2.23 bits per heavy atom. The average molecular weight is 204 g/mol. The first-order valence-corrected chi connectivity index (χ1v) is 5.63. The third-order valence-electron chi connectivity index (χ3n) is 1.46. The number of nitrogens with two attached hydrogens (primary N) is 1. The molecule has 0 saturated heterocycles. The molecular formula is C6H12N4O2S. The summed E-state index contributed by atoms with van der Waals surface area (Å²) in [6.45, 7) is 2.43. The molecule has 0 radical (unpaired) electrons. The second-order valence-electron chi connectivity index (χ2n) is 2.62. The van der Waals surface area contributed by atoms with Gasteiger partial charge in [0.1, 0.15) is 5.82 Å². The molecule has 0 aromatic carbocycles. The molecule has 0 atom stereocenters. The Kier molecular flexibility index (Phi) is 2.46. The van der Waals surface area contributed by atoms with Gasteiger partial charge in [-0.1, -0.05) is 0 Å². The number of aromatic nitrogens is 2. The zero-order valence-corrected chi connectivity index (χ0v) is 8.27. The summed E-state index contributed by atoms with van der Waals surface area (Å²) in [7, 11) is -3.32. The molecule has 7 heteroatoms. The molecule has 0 spiro atoms. The van der Waals surface area contributed by atoms with Crippen LogP contribution in [0.15, 0.2) is 4.90 Å². The predicted molar refractivity (Wildman–Crippen MR) is 50.3 cm³/mol. The second-order valence-corrected chi connectivity index (χ2v) is 4.57. The molecule has 0 aliphatic heterocycles. The van der Waals surface area contributed by atoms with E-state index in [9.17, 15) is 8.42 Å². The Morgan fingerprint density at radius 1 is 1.62 bits per heavy atom. The summed E-state index contributed by atoms with van der Waals surface area (Å²) < 4.78 is 22.5. The number of aromatic amines is 1. The molecule has 6 nitrogen and oxygen atoms in total. The summed E-state index contributed by atoms with van der Waals surface area (Å²) in [5.41, 5.74) is 5.42. The van der Waals surface area contributed by atoms with Gasteiger partial charge in [0, 0.05) is 12.8 Å². The lowest BCUT2D eigenvalue weighted by molar-refractivity contribution is 0.602. The number of nitrogens with zero attached hydrogens (tertiary/aromatic N) is 1. The molecule has 0 bridgehead atoms. The lowest BCUT2D eigenvalue weighted by Gasteiger charge is -2.01. The topological polar surface area (TPSA) is 101 Å². The van der Waals surface area contributed by atoms with E-state index in [-0.39, 0.29) is 16.5 Å². The van der Waals surface area contributed by atoms with Crippen LogP contribution in [0, 0.1) is 0 Å². The highest BCUT2D eigenvalue weighted by Gasteiger charge is 2.20. The molecule has 4 N–H and O–H groups in total. The summed E-state index contributed by atoms with van der Waals surface area (Å²) >= 11 is 0. The maximum absolute atomic E-state index is 11.2. The van der Waals surface area contributed by atoms with Crippen LogP contribution < -0.4 is 11.1 Å². The number of nitrogen functional groups attached to an aromatic ring is 1. The monoisotopic (exact) mass is 204 g/mol. The number of sulfone groups is 1. The Labute approximate surface area is 76.4 Å². The highest BCUT2D eigenvalue weighted by Crippen LogP contribution is 2.23. The first kappa shape index (κ1) is 9.85. The third kappa shape index (κ3) is 1.92. The van der Waals surface area contributed by atoms with E-state index in [4.69, 9.17) is 5.73 Å². The normalized spacial score (nSPS) is 11.5. The van der Waals surface area contributed by atoms with Gasteiger partial charge >= 0.3 is 0 Å². The van der Waals surface area contributed by atoms with Gasteiger partial charge in [0.05, 0.1) is 0 Å². The van der Waals surface area contributed by atoms with Crippen LogP contribution in [0.4, 0.5) is 11.6 Å². The van der Waals surface area contributed by atoms with E-state index < -0.39 is 9.84 Å². The summed E-state index contributed by atoms with van der Waals surface area (Å²) in [6.07, 6.45) is 1.09. The van der Waals surface area contributed by atoms with Gasteiger partial charge in [0.15, 0.2) is 20.6 Å². The Hall–Kier alpha value is -1.24. The smallest absolute Gasteiger partial charge is 0.182 e. The van der Waals surface area contributed by atoms with Crippen molar-refractivity contribution in [3.8, 4) is 0 Å². The Bertz CT molecular complexity index is 395. The van der Waals surface area contributed by atoms with Gasteiger partial charge in [-0.15, -0.1) is 0 Å². The van der Waals surface area contributed by atoms with E-state index in [0.29, 0.717) is 6.54 Å². The minimum Gasteiger partial charge on any atom is -0.383 e. The van der Waals surface area contributed by atoms with Crippen LogP contribution in [-0.2, 0) is 9.84 Å². The Balaban J connectivity index is 3.25. The zero-order valence-electron chi connectivity index (χ0n) is 7.46. The molecule has 0 fully saturated rings. The number of H-pyrrole nitrogens is 1. The van der Waals surface area contributed by atoms with E-state index in [1.807, 2.05) is 6.92 Å². The molecule has 1 aromatic rings. The molecule has 0 unspecified atom stereocenters. The van der Waals surface area contributed by atoms with Crippen LogP contribution in [0.5, 0.6) is 0 Å². The summed E-state index contributed by atoms with van der Waals surface area (Å²) in [5, 5.41) is 8.95. The van der Waals surface area contributed by atoms with Crippen LogP contribution in [0.1, 0.15) is 6.92 Å². The number of hydrogen-bond acceptors (Lipinski definition) is 5. The van der Waals surface area contributed by atoms with Crippen LogP contribution in [0.25, 0.3) is 0 Å². The van der Waals surface area contributed by atoms with Crippen molar-refractivity contribution in [3.05, 3.63) is 0 Å². The van der Waals surface area contributed by atoms with E-state index in [2.05, 4.69) is 15.5 Å². The summed E-state index contributed by atoms with van der Waals surface area (Å²) in [6, 6.07) is 0. The average Bonchev–Trinajstić information content (AvgIpc) is 2.31. The highest BCUT2D eigenvalue weighted by molar-refractivity contribution is 7.91. The van der Waals surface area contributed by atoms with E-state index >= 15 is 0 Å². The maximum Gasteiger partial charge on any atom is 0.182 e. The van der Waals surface area contributed by atoms with E-state index in [1.165, 1.54) is 0 Å². The molecule has 0 saturated carbocycles. The van der Waals surface area contributed by atoms with Gasteiger partial charge in [-0.2, -0.15) is 5.10 Å². The quantitative estimate of drug-likeness (QED) is 0.634. The number of anilines is 2. The van der Waals surface area contributed by atoms with Crippen molar-refractivity contribution in [2.45, 2.75) is 11.8 Å². The molecule has 1 heterocycles. The standard InChI is InChI=1S/C6H12N4O2S/c1-3-8-6-4(13(2,11)12)5(7)9-10-6/h3H2,1-2H3,(H4,7,8,9,10). The van der Waals surface area contributed by atoms with Gasteiger partial charge in [-0.05, 0) is 6.92 Å².